The van der Waals surface area contributed by atoms with Crippen molar-refractivity contribution in [3.05, 3.63) is 35.7 Å². The zero-order valence-electron chi connectivity index (χ0n) is 9.64. The fourth-order valence-electron chi connectivity index (χ4n) is 1.65. The van der Waals surface area contributed by atoms with Gasteiger partial charge in [-0.25, -0.2) is 0 Å². The van der Waals surface area contributed by atoms with E-state index in [9.17, 15) is 0 Å². The number of benzene rings is 1. The van der Waals surface area contributed by atoms with E-state index in [1.807, 2.05) is 31.2 Å². The van der Waals surface area contributed by atoms with Crippen LogP contribution >= 0.6 is 0 Å². The van der Waals surface area contributed by atoms with Crippen LogP contribution in [-0.4, -0.2) is 14.8 Å². The Kier molecular flexibility index (Phi) is 2.90. The molecule has 0 atom stereocenters. The highest BCUT2D eigenvalue weighted by atomic mass is 15.4. The Bertz CT molecular complexity index is 488. The molecule has 4 nitrogen and oxygen atoms in total. The molecule has 0 fully saturated rings. The van der Waals surface area contributed by atoms with Crippen molar-refractivity contribution in [2.75, 3.05) is 5.73 Å². The Balaban J connectivity index is 2.40. The average Bonchev–Trinajstić information content (AvgIpc) is 2.60. The smallest absolute Gasteiger partial charge is 0.223 e. The second-order valence-electron chi connectivity index (χ2n) is 3.89. The molecule has 1 aromatic carbocycles. The molecular weight excluding hydrogens is 200 g/mol. The van der Waals surface area contributed by atoms with Crippen LogP contribution in [0.3, 0.4) is 0 Å². The lowest BCUT2D eigenvalue weighted by atomic mass is 10.2. The molecule has 0 aliphatic carbocycles. The first-order chi connectivity index (χ1) is 7.70. The quantitative estimate of drug-likeness (QED) is 0.854. The number of hydrogen-bond donors (Lipinski definition) is 1. The minimum Gasteiger partial charge on any atom is -0.368 e. The third-order valence-corrected chi connectivity index (χ3v) is 2.40. The average molecular weight is 216 g/mol. The van der Waals surface area contributed by atoms with Gasteiger partial charge >= 0.3 is 0 Å². The highest BCUT2D eigenvalue weighted by Gasteiger charge is 2.07. The van der Waals surface area contributed by atoms with Crippen LogP contribution < -0.4 is 5.73 Å². The van der Waals surface area contributed by atoms with E-state index >= 15 is 0 Å². The standard InChI is InChI=1S/C12H16N4/c1-3-5-11-14-12(13)16(15-11)10-7-4-6-9(2)8-10/h4,6-8H,3,5H2,1-2H3,(H2,13,14,15). The third kappa shape index (κ3) is 2.05. The SMILES string of the molecule is CCCc1nc(N)n(-c2cccc(C)c2)n1. The summed E-state index contributed by atoms with van der Waals surface area (Å²) in [6.07, 6.45) is 1.89. The van der Waals surface area contributed by atoms with Crippen LogP contribution in [0.5, 0.6) is 0 Å². The van der Waals surface area contributed by atoms with E-state index < -0.39 is 0 Å². The highest BCUT2D eigenvalue weighted by molar-refractivity contribution is 5.39. The zero-order chi connectivity index (χ0) is 11.5. The van der Waals surface area contributed by atoms with Crippen LogP contribution in [0.1, 0.15) is 24.7 Å². The van der Waals surface area contributed by atoms with Gasteiger partial charge in [-0.3, -0.25) is 0 Å². The van der Waals surface area contributed by atoms with E-state index in [4.69, 9.17) is 5.73 Å². The van der Waals surface area contributed by atoms with E-state index in [1.54, 1.807) is 4.68 Å². The Hall–Kier alpha value is -1.84. The molecule has 0 saturated heterocycles. The first kappa shape index (κ1) is 10.7. The Morgan fingerprint density at radius 3 is 2.88 bits per heavy atom. The van der Waals surface area contributed by atoms with Crippen molar-refractivity contribution in [1.82, 2.24) is 14.8 Å². The predicted octanol–water partition coefficient (Wildman–Crippen LogP) is 2.11. The maximum Gasteiger partial charge on any atom is 0.223 e. The van der Waals surface area contributed by atoms with Gasteiger partial charge < -0.3 is 5.73 Å². The maximum absolute atomic E-state index is 5.84. The van der Waals surface area contributed by atoms with Gasteiger partial charge in [0, 0.05) is 6.42 Å². The van der Waals surface area contributed by atoms with Crippen molar-refractivity contribution in [3.63, 3.8) is 0 Å². The molecule has 1 heterocycles. The minimum absolute atomic E-state index is 0.453. The third-order valence-electron chi connectivity index (χ3n) is 2.40. The number of nitrogens with zero attached hydrogens (tertiary/aromatic N) is 3. The molecule has 84 valence electrons. The topological polar surface area (TPSA) is 56.7 Å². The lowest BCUT2D eigenvalue weighted by Gasteiger charge is -2.02. The monoisotopic (exact) mass is 216 g/mol. The summed E-state index contributed by atoms with van der Waals surface area (Å²) in [7, 11) is 0. The van der Waals surface area contributed by atoms with E-state index in [1.165, 1.54) is 5.56 Å². The Morgan fingerprint density at radius 2 is 2.19 bits per heavy atom. The molecule has 0 spiro atoms. The summed E-state index contributed by atoms with van der Waals surface area (Å²) in [5, 5.41) is 4.39. The second kappa shape index (κ2) is 4.35. The van der Waals surface area contributed by atoms with Gasteiger partial charge in [-0.05, 0) is 31.0 Å². The summed E-state index contributed by atoms with van der Waals surface area (Å²) in [4.78, 5) is 4.24. The summed E-state index contributed by atoms with van der Waals surface area (Å²) in [5.41, 5.74) is 7.99. The first-order valence-electron chi connectivity index (χ1n) is 5.49. The highest BCUT2D eigenvalue weighted by Crippen LogP contribution is 2.13. The summed E-state index contributed by atoms with van der Waals surface area (Å²) in [6.45, 7) is 4.15. The molecule has 0 saturated carbocycles. The number of rotatable bonds is 3. The van der Waals surface area contributed by atoms with E-state index in [-0.39, 0.29) is 0 Å². The van der Waals surface area contributed by atoms with Crippen molar-refractivity contribution < 1.29 is 0 Å². The molecule has 0 unspecified atom stereocenters. The summed E-state index contributed by atoms with van der Waals surface area (Å²) in [5.74, 6) is 1.26. The summed E-state index contributed by atoms with van der Waals surface area (Å²) < 4.78 is 1.69. The molecule has 2 aromatic rings. The van der Waals surface area contributed by atoms with Crippen molar-refractivity contribution in [1.29, 1.82) is 0 Å². The molecule has 0 radical (unpaired) electrons. The maximum atomic E-state index is 5.84. The molecule has 0 amide bonds. The second-order valence-corrected chi connectivity index (χ2v) is 3.89. The van der Waals surface area contributed by atoms with Gasteiger partial charge in [0.2, 0.25) is 5.95 Å². The molecule has 16 heavy (non-hydrogen) atoms. The van der Waals surface area contributed by atoms with Crippen LogP contribution in [0.4, 0.5) is 5.95 Å². The lowest BCUT2D eigenvalue weighted by Crippen LogP contribution is -2.02. The lowest BCUT2D eigenvalue weighted by molar-refractivity contribution is 0.801. The molecule has 4 heteroatoms. The van der Waals surface area contributed by atoms with Crippen LogP contribution in [0.15, 0.2) is 24.3 Å². The van der Waals surface area contributed by atoms with Crippen LogP contribution in [-0.2, 0) is 6.42 Å². The molecule has 0 aliphatic rings. The molecular formula is C12H16N4. The molecule has 0 aliphatic heterocycles. The van der Waals surface area contributed by atoms with Crippen LogP contribution in [0.25, 0.3) is 5.69 Å². The normalized spacial score (nSPS) is 10.6. The summed E-state index contributed by atoms with van der Waals surface area (Å²) in [6, 6.07) is 8.06. The number of aryl methyl sites for hydroxylation is 2. The molecule has 2 N–H and O–H groups in total. The van der Waals surface area contributed by atoms with Gasteiger partial charge in [-0.2, -0.15) is 9.67 Å². The minimum atomic E-state index is 0.453. The number of nitrogens with two attached hydrogens (primary N) is 1. The van der Waals surface area contributed by atoms with E-state index in [0.29, 0.717) is 5.95 Å². The number of hydrogen-bond acceptors (Lipinski definition) is 3. The number of anilines is 1. The van der Waals surface area contributed by atoms with Crippen molar-refractivity contribution >= 4 is 5.95 Å². The van der Waals surface area contributed by atoms with Gasteiger partial charge in [0.25, 0.3) is 0 Å². The fourth-order valence-corrected chi connectivity index (χ4v) is 1.65. The first-order valence-corrected chi connectivity index (χ1v) is 5.49. The van der Waals surface area contributed by atoms with E-state index in [2.05, 4.69) is 17.0 Å². The van der Waals surface area contributed by atoms with Crippen molar-refractivity contribution in [3.8, 4) is 5.69 Å². The van der Waals surface area contributed by atoms with Gasteiger partial charge in [-0.1, -0.05) is 19.1 Å². The number of nitrogen functional groups attached to an aromatic ring is 1. The van der Waals surface area contributed by atoms with Gasteiger partial charge in [0.05, 0.1) is 5.69 Å². The fraction of sp³-hybridized carbons (Fsp3) is 0.333. The zero-order valence-corrected chi connectivity index (χ0v) is 9.64. The van der Waals surface area contributed by atoms with Crippen LogP contribution in [0, 0.1) is 6.92 Å². The Morgan fingerprint density at radius 1 is 1.38 bits per heavy atom. The summed E-state index contributed by atoms with van der Waals surface area (Å²) >= 11 is 0. The van der Waals surface area contributed by atoms with Gasteiger partial charge in [0.1, 0.15) is 0 Å². The molecule has 0 bridgehead atoms. The number of aromatic nitrogens is 3. The molecule has 1 aromatic heterocycles. The Labute approximate surface area is 95.1 Å². The van der Waals surface area contributed by atoms with Crippen molar-refractivity contribution in [2.45, 2.75) is 26.7 Å². The predicted molar refractivity (Wildman–Crippen MR) is 64.5 cm³/mol. The van der Waals surface area contributed by atoms with E-state index in [0.717, 1.165) is 24.4 Å². The molecule has 2 rings (SSSR count). The van der Waals surface area contributed by atoms with Gasteiger partial charge in [0.15, 0.2) is 5.82 Å². The van der Waals surface area contributed by atoms with Crippen molar-refractivity contribution in [2.24, 2.45) is 0 Å². The van der Waals surface area contributed by atoms with Gasteiger partial charge in [-0.15, -0.1) is 5.10 Å². The largest absolute Gasteiger partial charge is 0.368 e. The van der Waals surface area contributed by atoms with Crippen LogP contribution in [0.2, 0.25) is 0 Å².